The molecule has 0 saturated carbocycles. The molecule has 34 heavy (non-hydrogen) atoms. The van der Waals surface area contributed by atoms with Gasteiger partial charge in [0.05, 0.1) is 36.5 Å². The zero-order chi connectivity index (χ0) is 24.5. The van der Waals surface area contributed by atoms with E-state index in [9.17, 15) is 17.6 Å². The Bertz CT molecular complexity index is 1510. The zero-order valence-corrected chi connectivity index (χ0v) is 19.9. The highest BCUT2D eigenvalue weighted by Gasteiger charge is 2.25. The van der Waals surface area contributed by atoms with Crippen molar-refractivity contribution >= 4 is 20.9 Å². The summed E-state index contributed by atoms with van der Waals surface area (Å²) >= 11 is 0. The van der Waals surface area contributed by atoms with Crippen LogP contribution < -0.4 is 15.2 Å². The van der Waals surface area contributed by atoms with Gasteiger partial charge in [0.15, 0.2) is 11.5 Å². The lowest BCUT2D eigenvalue weighted by Gasteiger charge is -2.20. The number of benzene rings is 3. The molecule has 0 aliphatic carbocycles. The number of halogens is 1. The van der Waals surface area contributed by atoms with Crippen LogP contribution in [0.25, 0.3) is 22.2 Å². The summed E-state index contributed by atoms with van der Waals surface area (Å²) in [7, 11) is -1.97. The molecule has 1 atom stereocenters. The molecule has 1 N–H and O–H groups in total. The molecule has 0 radical (unpaired) electrons. The number of hydrogen-bond donors (Lipinski definition) is 1. The number of sulfone groups is 1. The molecule has 0 spiro atoms. The van der Waals surface area contributed by atoms with Crippen LogP contribution in [0.5, 0.6) is 11.5 Å². The number of hydrogen-bond acceptors (Lipinski definition) is 5. The molecular formula is C25H25FN2O5S. The monoisotopic (exact) mass is 484 g/mol. The number of rotatable bonds is 8. The molecule has 4 rings (SSSR count). The van der Waals surface area contributed by atoms with Gasteiger partial charge in [-0.25, -0.2) is 17.6 Å². The molecule has 1 heterocycles. The molecule has 7 nitrogen and oxygen atoms in total. The standard InChI is InChI=1S/C25H25FN2O5S/c1-4-33-23-14-17(11-12-22(23)32-2)21(15-34(3,30)31)28-20-10-6-9-19(24(20)27-25(28)29)16-7-5-8-18(26)13-16/h5-14,21H,4,15H2,1-3H3,(H,27,29)/t21-/m1/s1. The summed E-state index contributed by atoms with van der Waals surface area (Å²) in [6.07, 6.45) is 1.13. The topological polar surface area (TPSA) is 90.4 Å². The second-order valence-corrected chi connectivity index (χ2v) is 10.1. The molecule has 4 aromatic rings. The SMILES string of the molecule is CCOc1cc([C@@H](CS(C)(=O)=O)n2c(=O)[nH]c3c(-c4cccc(F)c4)cccc32)ccc1OC. The average molecular weight is 485 g/mol. The summed E-state index contributed by atoms with van der Waals surface area (Å²) in [5, 5.41) is 0. The third-order valence-corrected chi connectivity index (χ3v) is 6.45. The Hall–Kier alpha value is -3.59. The zero-order valence-electron chi connectivity index (χ0n) is 19.0. The second kappa shape index (κ2) is 9.34. The summed E-state index contributed by atoms with van der Waals surface area (Å²) in [6, 6.07) is 15.6. The Labute approximate surface area is 196 Å². The van der Waals surface area contributed by atoms with E-state index in [0.29, 0.717) is 45.8 Å². The Kier molecular flexibility index (Phi) is 6.47. The molecule has 0 aliphatic heterocycles. The van der Waals surface area contributed by atoms with E-state index in [4.69, 9.17) is 9.47 Å². The first kappa shape index (κ1) is 23.6. The first-order chi connectivity index (χ1) is 16.2. The van der Waals surface area contributed by atoms with Crippen molar-refractivity contribution in [3.8, 4) is 22.6 Å². The Morgan fingerprint density at radius 1 is 1.06 bits per heavy atom. The number of nitrogens with zero attached hydrogens (tertiary/aromatic N) is 1. The van der Waals surface area contributed by atoms with Crippen LogP contribution in [0, 0.1) is 5.82 Å². The highest BCUT2D eigenvalue weighted by Crippen LogP contribution is 2.34. The van der Waals surface area contributed by atoms with Gasteiger partial charge in [-0.3, -0.25) is 4.57 Å². The van der Waals surface area contributed by atoms with E-state index in [2.05, 4.69) is 4.98 Å². The van der Waals surface area contributed by atoms with Gasteiger partial charge in [0.2, 0.25) is 0 Å². The van der Waals surface area contributed by atoms with Crippen LogP contribution in [-0.2, 0) is 9.84 Å². The third-order valence-electron chi connectivity index (χ3n) is 5.53. The summed E-state index contributed by atoms with van der Waals surface area (Å²) in [5.41, 5.74) is 2.34. The lowest BCUT2D eigenvalue weighted by atomic mass is 10.0. The minimum Gasteiger partial charge on any atom is -0.493 e. The van der Waals surface area contributed by atoms with Crippen LogP contribution in [0.1, 0.15) is 18.5 Å². The lowest BCUT2D eigenvalue weighted by molar-refractivity contribution is 0.310. The maximum absolute atomic E-state index is 13.9. The molecule has 3 aromatic carbocycles. The number of methoxy groups -OCH3 is 1. The van der Waals surface area contributed by atoms with Gasteiger partial charge in [-0.05, 0) is 48.4 Å². The largest absolute Gasteiger partial charge is 0.493 e. The molecule has 178 valence electrons. The maximum Gasteiger partial charge on any atom is 0.327 e. The van der Waals surface area contributed by atoms with Crippen molar-refractivity contribution in [2.45, 2.75) is 13.0 Å². The first-order valence-electron chi connectivity index (χ1n) is 10.7. The van der Waals surface area contributed by atoms with Crippen LogP contribution in [0.3, 0.4) is 0 Å². The van der Waals surface area contributed by atoms with Crippen molar-refractivity contribution in [2.24, 2.45) is 0 Å². The molecule has 0 aliphatic rings. The Morgan fingerprint density at radius 2 is 1.82 bits per heavy atom. The molecule has 0 saturated heterocycles. The van der Waals surface area contributed by atoms with Gasteiger partial charge < -0.3 is 14.5 Å². The molecular weight excluding hydrogens is 459 g/mol. The van der Waals surface area contributed by atoms with Gasteiger partial charge in [-0.15, -0.1) is 0 Å². The van der Waals surface area contributed by atoms with Crippen molar-refractivity contribution in [3.05, 3.63) is 82.5 Å². The summed E-state index contributed by atoms with van der Waals surface area (Å²) < 4.78 is 51.1. The van der Waals surface area contributed by atoms with Crippen LogP contribution in [-0.4, -0.2) is 43.7 Å². The minimum atomic E-state index is -3.49. The van der Waals surface area contributed by atoms with E-state index in [1.165, 1.54) is 23.8 Å². The number of nitrogens with one attached hydrogen (secondary N) is 1. The fourth-order valence-corrected chi connectivity index (χ4v) is 5.05. The Balaban J connectivity index is 1.95. The summed E-state index contributed by atoms with van der Waals surface area (Å²) in [6.45, 7) is 2.22. The molecule has 9 heteroatoms. The number of aromatic amines is 1. The average Bonchev–Trinajstić information content (AvgIpc) is 3.12. The normalized spacial score (nSPS) is 12.6. The number of fused-ring (bicyclic) bond motifs is 1. The van der Waals surface area contributed by atoms with Gasteiger partial charge in [-0.2, -0.15) is 0 Å². The highest BCUT2D eigenvalue weighted by atomic mass is 32.2. The first-order valence-corrected chi connectivity index (χ1v) is 12.8. The molecule has 0 fully saturated rings. The van der Waals surface area contributed by atoms with Gasteiger partial charge in [0, 0.05) is 11.8 Å². The van der Waals surface area contributed by atoms with Crippen LogP contribution >= 0.6 is 0 Å². The van der Waals surface area contributed by atoms with Gasteiger partial charge in [0.25, 0.3) is 0 Å². The number of H-pyrrole nitrogens is 1. The van der Waals surface area contributed by atoms with Gasteiger partial charge in [-0.1, -0.05) is 30.3 Å². The van der Waals surface area contributed by atoms with E-state index >= 15 is 0 Å². The number of para-hydroxylation sites is 1. The molecule has 0 amide bonds. The molecule has 0 unspecified atom stereocenters. The predicted octanol–water partition coefficient (Wildman–Crippen LogP) is 4.18. The fourth-order valence-electron chi connectivity index (χ4n) is 4.13. The fraction of sp³-hybridized carbons (Fsp3) is 0.240. The second-order valence-electron chi connectivity index (χ2n) is 7.96. The number of imidazole rings is 1. The van der Waals surface area contributed by atoms with Crippen molar-refractivity contribution < 1.29 is 22.3 Å². The smallest absolute Gasteiger partial charge is 0.327 e. The van der Waals surface area contributed by atoms with Crippen LogP contribution in [0.15, 0.2) is 65.5 Å². The maximum atomic E-state index is 13.9. The van der Waals surface area contributed by atoms with Gasteiger partial charge >= 0.3 is 5.69 Å². The van der Waals surface area contributed by atoms with Gasteiger partial charge in [0.1, 0.15) is 15.7 Å². The van der Waals surface area contributed by atoms with Crippen molar-refractivity contribution in [3.63, 3.8) is 0 Å². The van der Waals surface area contributed by atoms with Crippen LogP contribution in [0.2, 0.25) is 0 Å². The van der Waals surface area contributed by atoms with E-state index < -0.39 is 27.4 Å². The Morgan fingerprint density at radius 3 is 2.50 bits per heavy atom. The number of ether oxygens (including phenoxy) is 2. The molecule has 0 bridgehead atoms. The minimum absolute atomic E-state index is 0.304. The quantitative estimate of drug-likeness (QED) is 0.405. The summed E-state index contributed by atoms with van der Waals surface area (Å²) in [4.78, 5) is 16.1. The van der Waals surface area contributed by atoms with Crippen LogP contribution in [0.4, 0.5) is 4.39 Å². The van der Waals surface area contributed by atoms with E-state index in [1.807, 2.05) is 6.92 Å². The third kappa shape index (κ3) is 4.70. The lowest BCUT2D eigenvalue weighted by Crippen LogP contribution is -2.28. The predicted molar refractivity (Wildman–Crippen MR) is 130 cm³/mol. The van der Waals surface area contributed by atoms with Crippen molar-refractivity contribution in [1.82, 2.24) is 9.55 Å². The molecule has 1 aromatic heterocycles. The highest BCUT2D eigenvalue weighted by molar-refractivity contribution is 7.90. The van der Waals surface area contributed by atoms with E-state index in [-0.39, 0.29) is 5.75 Å². The number of aromatic nitrogens is 2. The summed E-state index contributed by atoms with van der Waals surface area (Å²) in [5.74, 6) is 0.257. The van der Waals surface area contributed by atoms with Crippen molar-refractivity contribution in [2.75, 3.05) is 25.7 Å². The van der Waals surface area contributed by atoms with E-state index in [1.54, 1.807) is 48.5 Å². The van der Waals surface area contributed by atoms with E-state index in [0.717, 1.165) is 6.26 Å². The van der Waals surface area contributed by atoms with Crippen molar-refractivity contribution in [1.29, 1.82) is 0 Å².